The first-order valence-electron chi connectivity index (χ1n) is 6.43. The van der Waals surface area contributed by atoms with Crippen molar-refractivity contribution in [3.8, 4) is 0 Å². The zero-order chi connectivity index (χ0) is 18.1. The SMILES string of the molecule is O=C(/C=C1/CC(C(F)(F)F)=Nc2ccccc2N1)C(F)(F)C(F)F. The Hall–Kier alpha value is -2.39. The topological polar surface area (TPSA) is 41.5 Å². The van der Waals surface area contributed by atoms with Gasteiger partial charge >= 0.3 is 18.5 Å². The van der Waals surface area contributed by atoms with E-state index in [4.69, 9.17) is 0 Å². The Labute approximate surface area is 130 Å². The van der Waals surface area contributed by atoms with Crippen LogP contribution in [0.4, 0.5) is 42.1 Å². The third kappa shape index (κ3) is 3.74. The fourth-order valence-corrected chi connectivity index (χ4v) is 1.87. The molecule has 0 aliphatic carbocycles. The molecule has 0 fully saturated rings. The van der Waals surface area contributed by atoms with Crippen molar-refractivity contribution in [2.75, 3.05) is 5.32 Å². The monoisotopic (exact) mass is 354 g/mol. The van der Waals surface area contributed by atoms with Crippen LogP contribution in [-0.4, -0.2) is 30.0 Å². The van der Waals surface area contributed by atoms with Crippen molar-refractivity contribution < 1.29 is 35.5 Å². The van der Waals surface area contributed by atoms with Gasteiger partial charge in [0, 0.05) is 18.2 Å². The van der Waals surface area contributed by atoms with Gasteiger partial charge in [-0.15, -0.1) is 0 Å². The number of benzene rings is 1. The Morgan fingerprint density at radius 1 is 1.17 bits per heavy atom. The van der Waals surface area contributed by atoms with Crippen LogP contribution in [0, 0.1) is 0 Å². The van der Waals surface area contributed by atoms with Crippen molar-refractivity contribution in [3.05, 3.63) is 36.0 Å². The summed E-state index contributed by atoms with van der Waals surface area (Å²) >= 11 is 0. The van der Waals surface area contributed by atoms with Gasteiger partial charge in [-0.2, -0.15) is 22.0 Å². The highest BCUT2D eigenvalue weighted by Crippen LogP contribution is 2.34. The second-order valence-electron chi connectivity index (χ2n) is 4.83. The number of carbonyl (C=O) groups excluding carboxylic acids is 1. The van der Waals surface area contributed by atoms with Crippen LogP contribution in [0.1, 0.15) is 6.42 Å². The summed E-state index contributed by atoms with van der Waals surface area (Å²) in [4.78, 5) is 14.7. The lowest BCUT2D eigenvalue weighted by Gasteiger charge is -2.14. The van der Waals surface area contributed by atoms with Gasteiger partial charge in [-0.1, -0.05) is 12.1 Å². The third-order valence-corrected chi connectivity index (χ3v) is 3.05. The zero-order valence-corrected chi connectivity index (χ0v) is 11.7. The molecule has 10 heteroatoms. The quantitative estimate of drug-likeness (QED) is 0.642. The predicted octanol–water partition coefficient (Wildman–Crippen LogP) is 4.49. The van der Waals surface area contributed by atoms with E-state index in [0.717, 1.165) is 0 Å². The van der Waals surface area contributed by atoms with Crippen molar-refractivity contribution >= 4 is 22.9 Å². The molecule has 130 valence electrons. The summed E-state index contributed by atoms with van der Waals surface area (Å²) in [6, 6.07) is 5.39. The maximum absolute atomic E-state index is 13.0. The maximum Gasteiger partial charge on any atom is 0.429 e. The second kappa shape index (κ2) is 6.25. The van der Waals surface area contributed by atoms with Gasteiger partial charge in [-0.25, -0.2) is 13.8 Å². The van der Waals surface area contributed by atoms with Gasteiger partial charge < -0.3 is 5.32 Å². The lowest BCUT2D eigenvalue weighted by atomic mass is 10.1. The number of nitrogens with one attached hydrogen (secondary N) is 1. The van der Waals surface area contributed by atoms with Gasteiger partial charge in [0.15, 0.2) is 0 Å². The molecule has 0 amide bonds. The van der Waals surface area contributed by atoms with E-state index in [0.29, 0.717) is 0 Å². The Kier molecular flexibility index (Phi) is 4.68. The minimum absolute atomic E-state index is 0.0242. The normalized spacial score (nSPS) is 17.2. The molecule has 0 aromatic heterocycles. The molecule has 0 unspecified atom stereocenters. The second-order valence-corrected chi connectivity index (χ2v) is 4.83. The van der Waals surface area contributed by atoms with Gasteiger partial charge in [-0.3, -0.25) is 4.79 Å². The van der Waals surface area contributed by atoms with Gasteiger partial charge in [0.2, 0.25) is 5.78 Å². The van der Waals surface area contributed by atoms with E-state index in [1.54, 1.807) is 0 Å². The number of anilines is 1. The summed E-state index contributed by atoms with van der Waals surface area (Å²) in [6.07, 6.45) is -10.1. The average molecular weight is 354 g/mol. The number of hydrogen-bond acceptors (Lipinski definition) is 3. The van der Waals surface area contributed by atoms with E-state index >= 15 is 0 Å². The molecule has 0 bridgehead atoms. The Bertz CT molecular complexity index is 707. The van der Waals surface area contributed by atoms with Crippen LogP contribution in [0.25, 0.3) is 0 Å². The number of para-hydroxylation sites is 2. The lowest BCUT2D eigenvalue weighted by molar-refractivity contribution is -0.161. The number of fused-ring (bicyclic) bond motifs is 1. The number of aliphatic imine (C=N–C) groups is 1. The van der Waals surface area contributed by atoms with E-state index in [1.165, 1.54) is 24.3 Å². The van der Waals surface area contributed by atoms with Crippen LogP contribution in [0.5, 0.6) is 0 Å². The van der Waals surface area contributed by atoms with Crippen molar-refractivity contribution in [1.82, 2.24) is 0 Å². The highest BCUT2D eigenvalue weighted by molar-refractivity contribution is 6.01. The van der Waals surface area contributed by atoms with Crippen LogP contribution in [0.3, 0.4) is 0 Å². The largest absolute Gasteiger partial charge is 0.429 e. The number of nitrogens with zero attached hydrogens (tertiary/aromatic N) is 1. The molecule has 1 aromatic carbocycles. The Morgan fingerprint density at radius 3 is 2.38 bits per heavy atom. The molecule has 1 aliphatic heterocycles. The fourth-order valence-electron chi connectivity index (χ4n) is 1.87. The molecule has 1 N–H and O–H groups in total. The number of alkyl halides is 7. The molecule has 0 saturated heterocycles. The fraction of sp³-hybridized carbons (Fsp3) is 0.286. The van der Waals surface area contributed by atoms with Crippen LogP contribution < -0.4 is 5.32 Å². The first-order valence-corrected chi connectivity index (χ1v) is 6.43. The standard InChI is InChI=1S/C14H9F7N2O/c15-12(16)13(17,18)11(24)6-7-5-10(14(19,20)21)23-9-4-2-1-3-8(9)22-7/h1-4,6,12,22H,5H2/b7-6-. The summed E-state index contributed by atoms with van der Waals surface area (Å²) < 4.78 is 89.2. The molecule has 1 heterocycles. The highest BCUT2D eigenvalue weighted by Gasteiger charge is 2.48. The smallest absolute Gasteiger partial charge is 0.357 e. The van der Waals surface area contributed by atoms with Crippen molar-refractivity contribution in [2.45, 2.75) is 24.9 Å². The highest BCUT2D eigenvalue weighted by atomic mass is 19.4. The predicted molar refractivity (Wildman–Crippen MR) is 71.9 cm³/mol. The van der Waals surface area contributed by atoms with Gasteiger partial charge in [0.05, 0.1) is 11.4 Å². The lowest BCUT2D eigenvalue weighted by Crippen LogP contribution is -2.35. The molecule has 0 saturated carbocycles. The molecule has 3 nitrogen and oxygen atoms in total. The van der Waals surface area contributed by atoms with E-state index < -0.39 is 42.1 Å². The van der Waals surface area contributed by atoms with E-state index in [9.17, 15) is 35.5 Å². The van der Waals surface area contributed by atoms with Crippen molar-refractivity contribution in [3.63, 3.8) is 0 Å². The van der Waals surface area contributed by atoms with Crippen LogP contribution >= 0.6 is 0 Å². The number of hydrogen-bond donors (Lipinski definition) is 1. The summed E-state index contributed by atoms with van der Waals surface area (Å²) in [5.41, 5.74) is -2.06. The molecule has 0 radical (unpaired) electrons. The maximum atomic E-state index is 13.0. The molecule has 24 heavy (non-hydrogen) atoms. The van der Waals surface area contributed by atoms with Gasteiger partial charge in [-0.05, 0) is 12.1 Å². The summed E-state index contributed by atoms with van der Waals surface area (Å²) in [5.74, 6) is -7.28. The molecule has 1 aliphatic rings. The third-order valence-electron chi connectivity index (χ3n) is 3.05. The Morgan fingerprint density at radius 2 is 1.79 bits per heavy atom. The molecule has 0 atom stereocenters. The van der Waals surface area contributed by atoms with E-state index in [1.807, 2.05) is 0 Å². The van der Waals surface area contributed by atoms with Crippen molar-refractivity contribution in [2.24, 2.45) is 4.99 Å². The first kappa shape index (κ1) is 18.0. The molecular formula is C14H9F7N2O. The number of halogens is 7. The molecule has 2 rings (SSSR count). The zero-order valence-electron chi connectivity index (χ0n) is 11.7. The molecular weight excluding hydrogens is 345 g/mol. The minimum atomic E-state index is -4.99. The summed E-state index contributed by atoms with van der Waals surface area (Å²) in [7, 11) is 0. The van der Waals surface area contributed by atoms with Gasteiger partial charge in [0.1, 0.15) is 5.71 Å². The average Bonchev–Trinajstić information content (AvgIpc) is 2.65. The van der Waals surface area contributed by atoms with Crippen LogP contribution in [0.2, 0.25) is 0 Å². The number of ketones is 1. The summed E-state index contributed by atoms with van der Waals surface area (Å²) in [6.45, 7) is 0. The molecule has 0 spiro atoms. The summed E-state index contributed by atoms with van der Waals surface area (Å²) in [5, 5.41) is 2.35. The minimum Gasteiger partial charge on any atom is -0.357 e. The van der Waals surface area contributed by atoms with Crippen LogP contribution in [0.15, 0.2) is 41.0 Å². The van der Waals surface area contributed by atoms with E-state index in [-0.39, 0.29) is 17.5 Å². The van der Waals surface area contributed by atoms with Gasteiger partial charge in [0.25, 0.3) is 0 Å². The number of allylic oxidation sites excluding steroid dienone is 2. The molecule has 1 aromatic rings. The van der Waals surface area contributed by atoms with E-state index in [2.05, 4.69) is 10.3 Å². The van der Waals surface area contributed by atoms with Crippen molar-refractivity contribution in [1.29, 1.82) is 0 Å². The number of carbonyl (C=O) groups is 1. The number of rotatable bonds is 3. The van der Waals surface area contributed by atoms with Crippen LogP contribution in [-0.2, 0) is 4.79 Å². The first-order chi connectivity index (χ1) is 11.0. The Balaban J connectivity index is 2.45.